The van der Waals surface area contributed by atoms with Crippen LogP contribution in [0.25, 0.3) is 33.2 Å². The lowest BCUT2D eigenvalue weighted by atomic mass is 9.91. The third kappa shape index (κ3) is 2.50. The highest BCUT2D eigenvalue weighted by Gasteiger charge is 2.31. The van der Waals surface area contributed by atoms with Crippen LogP contribution in [0.2, 0.25) is 0 Å². The second-order valence-corrected chi connectivity index (χ2v) is 7.91. The van der Waals surface area contributed by atoms with Gasteiger partial charge in [-0.05, 0) is 44.9 Å². The second kappa shape index (κ2) is 5.89. The molecule has 142 valence electrons. The van der Waals surface area contributed by atoms with E-state index < -0.39 is 0 Å². The maximum absolute atomic E-state index is 9.90. The predicted octanol–water partition coefficient (Wildman–Crippen LogP) is 5.20. The molecule has 0 fully saturated rings. The van der Waals surface area contributed by atoms with E-state index in [1.54, 1.807) is 19.2 Å². The van der Waals surface area contributed by atoms with E-state index in [0.717, 1.165) is 57.3 Å². The summed E-state index contributed by atoms with van der Waals surface area (Å²) in [6.07, 6.45) is 1.87. The van der Waals surface area contributed by atoms with Crippen molar-refractivity contribution in [1.82, 2.24) is 9.97 Å². The maximum Gasteiger partial charge on any atom is 0.161 e. The summed E-state index contributed by atoms with van der Waals surface area (Å²) in [5.74, 6) is 2.23. The lowest BCUT2D eigenvalue weighted by Crippen LogP contribution is -2.32. The Morgan fingerprint density at radius 2 is 1.93 bits per heavy atom. The Morgan fingerprint density at radius 3 is 2.71 bits per heavy atom. The van der Waals surface area contributed by atoms with Crippen molar-refractivity contribution in [2.24, 2.45) is 0 Å². The molecule has 0 spiro atoms. The number of phenolic OH excluding ortho intramolecular Hbond substituents is 1. The van der Waals surface area contributed by atoms with Crippen LogP contribution in [0, 0.1) is 0 Å². The SMILES string of the molecule is COc1cc(-c2nc3c4c(c5ccccc5c3[nH]2)OC(C)(C)CC4)ccc1O. The summed E-state index contributed by atoms with van der Waals surface area (Å²) >= 11 is 0. The molecule has 0 unspecified atom stereocenters. The third-order valence-corrected chi connectivity index (χ3v) is 5.51. The van der Waals surface area contributed by atoms with Crippen LogP contribution in [0.3, 0.4) is 0 Å². The highest BCUT2D eigenvalue weighted by atomic mass is 16.5. The first-order valence-corrected chi connectivity index (χ1v) is 9.46. The van der Waals surface area contributed by atoms with E-state index in [1.807, 2.05) is 18.2 Å². The number of aromatic nitrogens is 2. The van der Waals surface area contributed by atoms with Crippen molar-refractivity contribution in [2.75, 3.05) is 7.11 Å². The molecule has 5 heteroatoms. The number of hydrogen-bond donors (Lipinski definition) is 2. The number of phenols is 1. The fraction of sp³-hybridized carbons (Fsp3) is 0.261. The first-order chi connectivity index (χ1) is 13.5. The summed E-state index contributed by atoms with van der Waals surface area (Å²) in [4.78, 5) is 8.42. The molecule has 5 rings (SSSR count). The summed E-state index contributed by atoms with van der Waals surface area (Å²) in [6, 6.07) is 13.5. The Bertz CT molecular complexity index is 1220. The molecule has 1 aromatic heterocycles. The summed E-state index contributed by atoms with van der Waals surface area (Å²) in [5, 5.41) is 12.1. The van der Waals surface area contributed by atoms with Gasteiger partial charge in [-0.15, -0.1) is 0 Å². The summed E-state index contributed by atoms with van der Waals surface area (Å²) in [6.45, 7) is 4.27. The Hall–Kier alpha value is -3.21. The maximum atomic E-state index is 9.90. The number of methoxy groups -OCH3 is 1. The Kier molecular flexibility index (Phi) is 3.56. The predicted molar refractivity (Wildman–Crippen MR) is 110 cm³/mol. The van der Waals surface area contributed by atoms with Gasteiger partial charge >= 0.3 is 0 Å². The smallest absolute Gasteiger partial charge is 0.161 e. The number of benzene rings is 3. The minimum atomic E-state index is -0.188. The van der Waals surface area contributed by atoms with Crippen LogP contribution in [-0.2, 0) is 6.42 Å². The largest absolute Gasteiger partial charge is 0.504 e. The van der Waals surface area contributed by atoms with Crippen molar-refractivity contribution < 1.29 is 14.6 Å². The summed E-state index contributed by atoms with van der Waals surface area (Å²) in [5.41, 5.74) is 3.79. The molecule has 0 atom stereocenters. The van der Waals surface area contributed by atoms with Gasteiger partial charge in [0.05, 0.1) is 18.1 Å². The van der Waals surface area contributed by atoms with Gasteiger partial charge in [-0.3, -0.25) is 0 Å². The van der Waals surface area contributed by atoms with Gasteiger partial charge in [0.25, 0.3) is 0 Å². The van der Waals surface area contributed by atoms with Crippen LogP contribution in [0.4, 0.5) is 0 Å². The first-order valence-electron chi connectivity index (χ1n) is 9.46. The molecule has 0 saturated carbocycles. The van der Waals surface area contributed by atoms with Gasteiger partial charge in [0, 0.05) is 21.9 Å². The minimum absolute atomic E-state index is 0.112. The van der Waals surface area contributed by atoms with E-state index >= 15 is 0 Å². The van der Waals surface area contributed by atoms with Crippen LogP contribution in [-0.4, -0.2) is 27.8 Å². The number of nitrogens with one attached hydrogen (secondary N) is 1. The Morgan fingerprint density at radius 1 is 1.14 bits per heavy atom. The molecule has 5 nitrogen and oxygen atoms in total. The van der Waals surface area contributed by atoms with Gasteiger partial charge in [0.2, 0.25) is 0 Å². The van der Waals surface area contributed by atoms with Gasteiger partial charge < -0.3 is 19.6 Å². The number of rotatable bonds is 2. The molecule has 0 radical (unpaired) electrons. The number of aromatic amines is 1. The third-order valence-electron chi connectivity index (χ3n) is 5.51. The molecule has 0 bridgehead atoms. The van der Waals surface area contributed by atoms with Crippen molar-refractivity contribution in [3.63, 3.8) is 0 Å². The summed E-state index contributed by atoms with van der Waals surface area (Å²) < 4.78 is 11.7. The van der Waals surface area contributed by atoms with Crippen LogP contribution in [0.15, 0.2) is 42.5 Å². The first kappa shape index (κ1) is 16.9. The molecule has 2 heterocycles. The number of H-pyrrole nitrogens is 1. The number of aromatic hydroxyl groups is 1. The van der Waals surface area contributed by atoms with Crippen molar-refractivity contribution in [1.29, 1.82) is 0 Å². The van der Waals surface area contributed by atoms with Gasteiger partial charge in [-0.1, -0.05) is 24.3 Å². The molecule has 3 aromatic carbocycles. The average molecular weight is 374 g/mol. The average Bonchev–Trinajstić information content (AvgIpc) is 3.13. The monoisotopic (exact) mass is 374 g/mol. The Balaban J connectivity index is 1.80. The lowest BCUT2D eigenvalue weighted by Gasteiger charge is -2.33. The van der Waals surface area contributed by atoms with Gasteiger partial charge in [0.15, 0.2) is 11.5 Å². The molecule has 0 aliphatic carbocycles. The van der Waals surface area contributed by atoms with E-state index in [2.05, 4.69) is 31.0 Å². The molecular formula is C23H22N2O3. The van der Waals surface area contributed by atoms with Crippen molar-refractivity contribution >= 4 is 21.8 Å². The van der Waals surface area contributed by atoms with E-state index in [4.69, 9.17) is 14.5 Å². The fourth-order valence-corrected chi connectivity index (χ4v) is 4.02. The number of aryl methyl sites for hydroxylation is 1. The van der Waals surface area contributed by atoms with Crippen molar-refractivity contribution in [3.05, 3.63) is 48.0 Å². The summed E-state index contributed by atoms with van der Waals surface area (Å²) in [7, 11) is 1.54. The molecule has 0 amide bonds. The molecular weight excluding hydrogens is 352 g/mol. The number of hydrogen-bond acceptors (Lipinski definition) is 4. The van der Waals surface area contributed by atoms with E-state index in [-0.39, 0.29) is 11.4 Å². The standard InChI is InChI=1S/C23H22N2O3/c1-23(2)11-10-16-20-19(14-6-4-5-7-15(14)21(16)28-23)24-22(25-20)13-8-9-17(26)18(12-13)27-3/h4-9,12,26H,10-11H2,1-3H3,(H,24,25). The van der Waals surface area contributed by atoms with Gasteiger partial charge in [-0.2, -0.15) is 0 Å². The number of fused-ring (bicyclic) bond motifs is 6. The number of imidazole rings is 1. The molecule has 0 saturated heterocycles. The second-order valence-electron chi connectivity index (χ2n) is 7.91. The topological polar surface area (TPSA) is 67.4 Å². The normalized spacial score (nSPS) is 15.4. The quantitative estimate of drug-likeness (QED) is 0.506. The highest BCUT2D eigenvalue weighted by molar-refractivity contribution is 6.10. The zero-order chi connectivity index (χ0) is 19.5. The highest BCUT2D eigenvalue weighted by Crippen LogP contribution is 2.44. The van der Waals surface area contributed by atoms with Gasteiger partial charge in [-0.25, -0.2) is 4.98 Å². The van der Waals surface area contributed by atoms with E-state index in [9.17, 15) is 5.11 Å². The van der Waals surface area contributed by atoms with Crippen LogP contribution < -0.4 is 9.47 Å². The van der Waals surface area contributed by atoms with Crippen LogP contribution in [0.5, 0.6) is 17.2 Å². The van der Waals surface area contributed by atoms with Crippen molar-refractivity contribution in [3.8, 4) is 28.6 Å². The number of ether oxygens (including phenoxy) is 2. The lowest BCUT2D eigenvalue weighted by molar-refractivity contribution is 0.0873. The van der Waals surface area contributed by atoms with Gasteiger partial charge in [0.1, 0.15) is 17.2 Å². The molecule has 4 aromatic rings. The molecule has 1 aliphatic rings. The van der Waals surface area contributed by atoms with Crippen LogP contribution in [0.1, 0.15) is 25.8 Å². The number of nitrogens with zero attached hydrogens (tertiary/aromatic N) is 1. The zero-order valence-corrected chi connectivity index (χ0v) is 16.2. The Labute approximate surface area is 162 Å². The minimum Gasteiger partial charge on any atom is -0.504 e. The fourth-order valence-electron chi connectivity index (χ4n) is 4.02. The van der Waals surface area contributed by atoms with Crippen LogP contribution >= 0.6 is 0 Å². The van der Waals surface area contributed by atoms with Crippen molar-refractivity contribution in [2.45, 2.75) is 32.3 Å². The zero-order valence-electron chi connectivity index (χ0n) is 16.2. The van der Waals surface area contributed by atoms with E-state index in [0.29, 0.717) is 5.75 Å². The van der Waals surface area contributed by atoms with E-state index in [1.165, 1.54) is 0 Å². The molecule has 1 aliphatic heterocycles. The molecule has 28 heavy (non-hydrogen) atoms. The molecule has 2 N–H and O–H groups in total.